The fraction of sp³-hybridized carbons (Fsp3) is 0.0159. The van der Waals surface area contributed by atoms with Crippen molar-refractivity contribution in [2.24, 2.45) is 0 Å². The van der Waals surface area contributed by atoms with Crippen LogP contribution >= 0.6 is 11.3 Å². The second-order valence-electron chi connectivity index (χ2n) is 17.1. The summed E-state index contributed by atoms with van der Waals surface area (Å²) >= 11 is 1.88. The third-order valence-electron chi connectivity index (χ3n) is 13.7. The van der Waals surface area contributed by atoms with Crippen molar-refractivity contribution >= 4 is 70.1 Å². The molecule has 0 saturated heterocycles. The lowest BCUT2D eigenvalue weighted by Gasteiger charge is -2.34. The maximum atomic E-state index is 2.48. The molecule has 0 amide bonds. The molecular weight excluding hydrogens is 803 g/mol. The van der Waals surface area contributed by atoms with Gasteiger partial charge in [0.1, 0.15) is 0 Å². The molecule has 1 aromatic heterocycles. The Morgan fingerprint density at radius 3 is 1.75 bits per heavy atom. The minimum absolute atomic E-state index is 0.519. The molecule has 1 atom stereocenters. The SMILES string of the molecule is c1ccc(-c2ccc(N(c3ccccc3)c3ccc(-c4cccc(C5(c6ccccc6)c6ccccc6-c6cc7ccccc7cc65)c4)c4ccccc34)c3sc4ccccc4c23)cc1. The lowest BCUT2D eigenvalue weighted by atomic mass is 9.67. The standard InChI is InChI=1S/C63H41NS/c1-4-19-42(20-5-1)50-36-38-59(62-61(50)54-32-15-17-34-60(54)65-62)64(48-27-8-3-9-28-48)58-37-35-49(51-29-12-13-31-53(51)58)45-23-18-26-47(39-45)63(46-24-6-2-7-25-46)56-33-16-14-30-52(56)55-40-43-21-10-11-22-44(43)41-57(55)63/h1-41H. The van der Waals surface area contributed by atoms with Crippen molar-refractivity contribution in [1.82, 2.24) is 0 Å². The number of hydrogen-bond donors (Lipinski definition) is 0. The van der Waals surface area contributed by atoms with E-state index in [9.17, 15) is 0 Å². The molecule has 65 heavy (non-hydrogen) atoms. The van der Waals surface area contributed by atoms with Crippen molar-refractivity contribution < 1.29 is 0 Å². The zero-order valence-electron chi connectivity index (χ0n) is 35.5. The van der Waals surface area contributed by atoms with Crippen LogP contribution in [0.3, 0.4) is 0 Å². The van der Waals surface area contributed by atoms with E-state index in [1.165, 1.54) is 103 Å². The fourth-order valence-electron chi connectivity index (χ4n) is 10.9. The van der Waals surface area contributed by atoms with Crippen LogP contribution in [0.1, 0.15) is 22.3 Å². The van der Waals surface area contributed by atoms with Gasteiger partial charge >= 0.3 is 0 Å². The third-order valence-corrected chi connectivity index (χ3v) is 14.9. The minimum Gasteiger partial charge on any atom is -0.308 e. The molecular formula is C63H41NS. The lowest BCUT2D eigenvalue weighted by molar-refractivity contribution is 0.770. The first kappa shape index (κ1) is 37.5. The summed E-state index contributed by atoms with van der Waals surface area (Å²) in [5.41, 5.74) is 15.6. The van der Waals surface area contributed by atoms with Gasteiger partial charge in [-0.3, -0.25) is 0 Å². The van der Waals surface area contributed by atoms with Crippen LogP contribution < -0.4 is 4.90 Å². The van der Waals surface area contributed by atoms with Gasteiger partial charge in [-0.25, -0.2) is 0 Å². The summed E-state index contributed by atoms with van der Waals surface area (Å²) in [6.07, 6.45) is 0. The van der Waals surface area contributed by atoms with E-state index in [-0.39, 0.29) is 0 Å². The van der Waals surface area contributed by atoms with E-state index in [1.807, 2.05) is 11.3 Å². The molecule has 2 heteroatoms. The number of hydrogen-bond acceptors (Lipinski definition) is 2. The number of thiophene rings is 1. The molecule has 12 aromatic rings. The molecule has 11 aromatic carbocycles. The highest BCUT2D eigenvalue weighted by Crippen LogP contribution is 2.57. The molecule has 0 N–H and O–H groups in total. The Morgan fingerprint density at radius 2 is 0.938 bits per heavy atom. The van der Waals surface area contributed by atoms with E-state index >= 15 is 0 Å². The van der Waals surface area contributed by atoms with Crippen LogP contribution in [0.4, 0.5) is 17.1 Å². The first-order valence-electron chi connectivity index (χ1n) is 22.4. The van der Waals surface area contributed by atoms with Gasteiger partial charge in [0, 0.05) is 26.5 Å². The van der Waals surface area contributed by atoms with Crippen LogP contribution in [-0.4, -0.2) is 0 Å². The van der Waals surface area contributed by atoms with Gasteiger partial charge in [0.15, 0.2) is 0 Å². The van der Waals surface area contributed by atoms with Gasteiger partial charge in [0.05, 0.1) is 21.5 Å². The predicted octanol–water partition coefficient (Wildman–Crippen LogP) is 17.5. The molecule has 1 unspecified atom stereocenters. The van der Waals surface area contributed by atoms with E-state index < -0.39 is 5.41 Å². The average molecular weight is 844 g/mol. The molecule has 1 aliphatic rings. The first-order chi connectivity index (χ1) is 32.3. The molecule has 13 rings (SSSR count). The molecule has 1 nitrogen and oxygen atoms in total. The summed E-state index contributed by atoms with van der Waals surface area (Å²) in [5, 5.41) is 7.50. The average Bonchev–Trinajstić information content (AvgIpc) is 3.91. The highest BCUT2D eigenvalue weighted by Gasteiger charge is 2.46. The molecule has 0 bridgehead atoms. The lowest BCUT2D eigenvalue weighted by Crippen LogP contribution is -2.28. The maximum Gasteiger partial charge on any atom is 0.0713 e. The number of nitrogens with zero attached hydrogens (tertiary/aromatic N) is 1. The van der Waals surface area contributed by atoms with Crippen LogP contribution in [0.5, 0.6) is 0 Å². The van der Waals surface area contributed by atoms with E-state index in [4.69, 9.17) is 0 Å². The van der Waals surface area contributed by atoms with Gasteiger partial charge < -0.3 is 4.90 Å². The van der Waals surface area contributed by atoms with Crippen LogP contribution in [0.15, 0.2) is 249 Å². The molecule has 0 aliphatic heterocycles. The topological polar surface area (TPSA) is 3.24 Å². The molecule has 0 fully saturated rings. The Morgan fingerprint density at radius 1 is 0.338 bits per heavy atom. The van der Waals surface area contributed by atoms with Gasteiger partial charge in [-0.15, -0.1) is 11.3 Å². The molecule has 0 spiro atoms. The summed E-state index contributed by atoms with van der Waals surface area (Å²) < 4.78 is 2.56. The third kappa shape index (κ3) is 5.78. The minimum atomic E-state index is -0.519. The van der Waals surface area contributed by atoms with Crippen molar-refractivity contribution in [3.8, 4) is 33.4 Å². The molecule has 0 radical (unpaired) electrons. The summed E-state index contributed by atoms with van der Waals surface area (Å²) in [7, 11) is 0. The zero-order valence-corrected chi connectivity index (χ0v) is 36.3. The zero-order chi connectivity index (χ0) is 42.9. The van der Waals surface area contributed by atoms with E-state index in [0.717, 1.165) is 11.4 Å². The second-order valence-corrected chi connectivity index (χ2v) is 18.2. The number of rotatable bonds is 7. The number of anilines is 3. The number of fused-ring (bicyclic) bond motifs is 8. The summed E-state index contributed by atoms with van der Waals surface area (Å²) in [4.78, 5) is 2.48. The Labute approximate surface area is 382 Å². The van der Waals surface area contributed by atoms with Crippen LogP contribution in [0, 0.1) is 0 Å². The van der Waals surface area contributed by atoms with Crippen molar-refractivity contribution in [2.45, 2.75) is 5.41 Å². The van der Waals surface area contributed by atoms with Gasteiger partial charge in [-0.1, -0.05) is 200 Å². The van der Waals surface area contributed by atoms with Crippen LogP contribution in [0.2, 0.25) is 0 Å². The second kappa shape index (κ2) is 15.1. The molecule has 304 valence electrons. The summed E-state index contributed by atoms with van der Waals surface area (Å²) in [6, 6.07) is 92.1. The predicted molar refractivity (Wildman–Crippen MR) is 277 cm³/mol. The van der Waals surface area contributed by atoms with Crippen molar-refractivity contribution in [2.75, 3.05) is 4.90 Å². The fourth-order valence-corrected chi connectivity index (χ4v) is 12.2. The van der Waals surface area contributed by atoms with Crippen LogP contribution in [-0.2, 0) is 5.41 Å². The smallest absolute Gasteiger partial charge is 0.0713 e. The quantitative estimate of drug-likeness (QED) is 0.154. The molecule has 1 aliphatic carbocycles. The Kier molecular flexibility index (Phi) is 8.69. The van der Waals surface area contributed by atoms with Crippen molar-refractivity contribution in [3.63, 3.8) is 0 Å². The van der Waals surface area contributed by atoms with E-state index in [0.29, 0.717) is 0 Å². The highest BCUT2D eigenvalue weighted by molar-refractivity contribution is 7.26. The largest absolute Gasteiger partial charge is 0.308 e. The van der Waals surface area contributed by atoms with Gasteiger partial charge in [-0.05, 0) is 120 Å². The first-order valence-corrected chi connectivity index (χ1v) is 23.2. The molecule has 1 heterocycles. The molecule has 0 saturated carbocycles. The summed E-state index contributed by atoms with van der Waals surface area (Å²) in [6.45, 7) is 0. The van der Waals surface area contributed by atoms with E-state index in [1.54, 1.807) is 0 Å². The Hall–Kier alpha value is -8.04. The monoisotopic (exact) mass is 843 g/mol. The Bertz CT molecular complexity index is 3780. The van der Waals surface area contributed by atoms with Gasteiger partial charge in [0.25, 0.3) is 0 Å². The summed E-state index contributed by atoms with van der Waals surface area (Å²) in [5.74, 6) is 0. The van der Waals surface area contributed by atoms with Gasteiger partial charge in [0.2, 0.25) is 0 Å². The number of para-hydroxylation sites is 1. The van der Waals surface area contributed by atoms with Crippen molar-refractivity contribution in [1.29, 1.82) is 0 Å². The van der Waals surface area contributed by atoms with Gasteiger partial charge in [-0.2, -0.15) is 0 Å². The normalized spacial score (nSPS) is 14.2. The number of benzene rings is 11. The maximum absolute atomic E-state index is 2.48. The Balaban J connectivity index is 1.03. The van der Waals surface area contributed by atoms with Crippen LogP contribution in [0.25, 0.3) is 75.1 Å². The highest BCUT2D eigenvalue weighted by atomic mass is 32.1. The van der Waals surface area contributed by atoms with E-state index in [2.05, 4.69) is 254 Å². The van der Waals surface area contributed by atoms with Crippen molar-refractivity contribution in [3.05, 3.63) is 271 Å².